The average molecular weight is 273 g/mol. The summed E-state index contributed by atoms with van der Waals surface area (Å²) in [6.07, 6.45) is 1.67. The molecule has 0 bridgehead atoms. The fourth-order valence-corrected chi connectivity index (χ4v) is 2.53. The van der Waals surface area contributed by atoms with Crippen LogP contribution in [0.3, 0.4) is 0 Å². The third kappa shape index (κ3) is 2.41. The van der Waals surface area contributed by atoms with Crippen molar-refractivity contribution in [3.8, 4) is 0 Å². The first-order valence-electron chi connectivity index (χ1n) is 5.53. The van der Waals surface area contributed by atoms with E-state index < -0.39 is 6.04 Å². The summed E-state index contributed by atoms with van der Waals surface area (Å²) in [7, 11) is 0. The molecule has 0 radical (unpaired) electrons. The van der Waals surface area contributed by atoms with Crippen LogP contribution in [0.25, 0.3) is 0 Å². The third-order valence-corrected chi connectivity index (χ3v) is 3.86. The molecule has 0 aromatic heterocycles. The van der Waals surface area contributed by atoms with Gasteiger partial charge in [0.2, 0.25) is 5.91 Å². The second-order valence-electron chi connectivity index (χ2n) is 4.32. The zero-order valence-electron chi connectivity index (χ0n) is 9.47. The summed E-state index contributed by atoms with van der Waals surface area (Å²) in [5.41, 5.74) is 7.61. The van der Waals surface area contributed by atoms with Crippen LogP contribution in [0.2, 0.25) is 10.0 Å². The molecular formula is C12H14Cl2N2O. The zero-order chi connectivity index (χ0) is 12.6. The lowest BCUT2D eigenvalue weighted by Gasteiger charge is -2.16. The van der Waals surface area contributed by atoms with Gasteiger partial charge in [0.25, 0.3) is 0 Å². The number of fused-ring (bicyclic) bond motifs is 1. The summed E-state index contributed by atoms with van der Waals surface area (Å²) < 4.78 is 0. The Balaban J connectivity index is 2.23. The lowest BCUT2D eigenvalue weighted by molar-refractivity contribution is -0.122. The molecule has 3 nitrogen and oxygen atoms in total. The predicted molar refractivity (Wildman–Crippen MR) is 69.3 cm³/mol. The van der Waals surface area contributed by atoms with Gasteiger partial charge in [0.1, 0.15) is 0 Å². The van der Waals surface area contributed by atoms with Gasteiger partial charge in [0.15, 0.2) is 0 Å². The van der Waals surface area contributed by atoms with Gasteiger partial charge in [-0.05, 0) is 37.0 Å². The van der Waals surface area contributed by atoms with Gasteiger partial charge in [-0.1, -0.05) is 29.3 Å². The van der Waals surface area contributed by atoms with Gasteiger partial charge < -0.3 is 11.1 Å². The molecule has 1 aliphatic carbocycles. The number of carbonyl (C=O) groups excluding carboxylic acids is 1. The number of nitrogens with two attached hydrogens (primary N) is 1. The number of amides is 1. The smallest absolute Gasteiger partial charge is 0.237 e. The topological polar surface area (TPSA) is 55.1 Å². The standard InChI is InChI=1S/C12H14Cl2N2O/c1-6(15)12(17)16-10-5-3-8-7(10)2-4-9(13)11(8)14/h2,4,6,10H,3,5,15H2,1H3,(H,16,17)/t6-,10?/m1/s1. The third-order valence-electron chi connectivity index (χ3n) is 3.02. The minimum Gasteiger partial charge on any atom is -0.348 e. The van der Waals surface area contributed by atoms with E-state index in [0.29, 0.717) is 10.0 Å². The van der Waals surface area contributed by atoms with Crippen LogP contribution in [-0.4, -0.2) is 11.9 Å². The monoisotopic (exact) mass is 272 g/mol. The maximum absolute atomic E-state index is 11.6. The number of carbonyl (C=O) groups is 1. The van der Waals surface area contributed by atoms with E-state index in [1.807, 2.05) is 6.07 Å². The van der Waals surface area contributed by atoms with Crippen molar-refractivity contribution in [3.63, 3.8) is 0 Å². The predicted octanol–water partition coefficient (Wildman–Crippen LogP) is 2.44. The Hall–Kier alpha value is -0.770. The van der Waals surface area contributed by atoms with Crippen LogP contribution in [0.4, 0.5) is 0 Å². The van der Waals surface area contributed by atoms with E-state index in [1.165, 1.54) is 0 Å². The zero-order valence-corrected chi connectivity index (χ0v) is 11.0. The molecule has 1 aromatic rings. The van der Waals surface area contributed by atoms with Crippen LogP contribution in [0.15, 0.2) is 12.1 Å². The highest BCUT2D eigenvalue weighted by molar-refractivity contribution is 6.42. The highest BCUT2D eigenvalue weighted by atomic mass is 35.5. The molecule has 1 unspecified atom stereocenters. The van der Waals surface area contributed by atoms with E-state index >= 15 is 0 Å². The number of hydrogen-bond donors (Lipinski definition) is 2. The summed E-state index contributed by atoms with van der Waals surface area (Å²) >= 11 is 12.1. The molecule has 0 saturated carbocycles. The molecule has 92 valence electrons. The number of nitrogens with one attached hydrogen (secondary N) is 1. The van der Waals surface area contributed by atoms with Crippen molar-refractivity contribution in [1.29, 1.82) is 0 Å². The normalized spacial score (nSPS) is 19.9. The molecule has 1 amide bonds. The van der Waals surface area contributed by atoms with Crippen LogP contribution >= 0.6 is 23.2 Å². The Morgan fingerprint density at radius 3 is 2.88 bits per heavy atom. The number of hydrogen-bond acceptors (Lipinski definition) is 2. The maximum Gasteiger partial charge on any atom is 0.237 e. The van der Waals surface area contributed by atoms with Gasteiger partial charge in [-0.15, -0.1) is 0 Å². The molecule has 5 heteroatoms. The Morgan fingerprint density at radius 1 is 1.53 bits per heavy atom. The first-order chi connectivity index (χ1) is 8.00. The van der Waals surface area contributed by atoms with Crippen molar-refractivity contribution in [1.82, 2.24) is 5.32 Å². The fourth-order valence-electron chi connectivity index (χ4n) is 2.09. The first-order valence-corrected chi connectivity index (χ1v) is 6.29. The van der Waals surface area contributed by atoms with E-state index in [9.17, 15) is 4.79 Å². The Bertz CT molecular complexity index is 460. The van der Waals surface area contributed by atoms with Crippen molar-refractivity contribution in [3.05, 3.63) is 33.3 Å². The summed E-state index contributed by atoms with van der Waals surface area (Å²) in [4.78, 5) is 11.6. The van der Waals surface area contributed by atoms with Gasteiger partial charge in [0.05, 0.1) is 22.1 Å². The van der Waals surface area contributed by atoms with Crippen LogP contribution in [0.5, 0.6) is 0 Å². The van der Waals surface area contributed by atoms with Gasteiger partial charge in [-0.3, -0.25) is 4.79 Å². The maximum atomic E-state index is 11.6. The number of halogens is 2. The minimum absolute atomic E-state index is 0.00160. The number of benzene rings is 1. The van der Waals surface area contributed by atoms with Crippen molar-refractivity contribution < 1.29 is 4.79 Å². The van der Waals surface area contributed by atoms with Gasteiger partial charge in [-0.2, -0.15) is 0 Å². The molecule has 0 heterocycles. The first kappa shape index (κ1) is 12.7. The van der Waals surface area contributed by atoms with E-state index in [0.717, 1.165) is 24.0 Å². The van der Waals surface area contributed by atoms with E-state index in [-0.39, 0.29) is 11.9 Å². The minimum atomic E-state index is -0.498. The Kier molecular flexibility index (Phi) is 3.61. The van der Waals surface area contributed by atoms with Crippen molar-refractivity contribution in [2.75, 3.05) is 0 Å². The van der Waals surface area contributed by atoms with E-state index in [1.54, 1.807) is 13.0 Å². The molecule has 1 aromatic carbocycles. The van der Waals surface area contributed by atoms with Crippen LogP contribution in [0, 0.1) is 0 Å². The highest BCUT2D eigenvalue weighted by Gasteiger charge is 2.27. The summed E-state index contributed by atoms with van der Waals surface area (Å²) in [5.74, 6) is -0.145. The van der Waals surface area contributed by atoms with E-state index in [4.69, 9.17) is 28.9 Å². The van der Waals surface area contributed by atoms with Crippen molar-refractivity contribution in [2.24, 2.45) is 5.73 Å². The van der Waals surface area contributed by atoms with Gasteiger partial charge >= 0.3 is 0 Å². The van der Waals surface area contributed by atoms with Gasteiger partial charge in [-0.25, -0.2) is 0 Å². The molecule has 0 saturated heterocycles. The molecule has 17 heavy (non-hydrogen) atoms. The lowest BCUT2D eigenvalue weighted by atomic mass is 10.1. The van der Waals surface area contributed by atoms with E-state index in [2.05, 4.69) is 5.32 Å². The molecule has 3 N–H and O–H groups in total. The number of rotatable bonds is 2. The summed E-state index contributed by atoms with van der Waals surface area (Å²) in [6, 6.07) is 3.18. The van der Waals surface area contributed by atoms with Crippen LogP contribution in [-0.2, 0) is 11.2 Å². The quantitative estimate of drug-likeness (QED) is 0.869. The second-order valence-corrected chi connectivity index (χ2v) is 5.10. The van der Waals surface area contributed by atoms with Crippen LogP contribution in [0.1, 0.15) is 30.5 Å². The molecule has 0 aliphatic heterocycles. The van der Waals surface area contributed by atoms with Crippen molar-refractivity contribution >= 4 is 29.1 Å². The Morgan fingerprint density at radius 2 is 2.24 bits per heavy atom. The molecule has 1 aliphatic rings. The lowest BCUT2D eigenvalue weighted by Crippen LogP contribution is -2.39. The molecule has 0 fully saturated rings. The summed E-state index contributed by atoms with van der Waals surface area (Å²) in [6.45, 7) is 1.67. The van der Waals surface area contributed by atoms with Crippen LogP contribution < -0.4 is 11.1 Å². The molecule has 2 atom stereocenters. The molecular weight excluding hydrogens is 259 g/mol. The molecule has 2 rings (SSSR count). The van der Waals surface area contributed by atoms with Crippen molar-refractivity contribution in [2.45, 2.75) is 31.8 Å². The fraction of sp³-hybridized carbons (Fsp3) is 0.417. The second kappa shape index (κ2) is 4.84. The highest BCUT2D eigenvalue weighted by Crippen LogP contribution is 2.38. The molecule has 0 spiro atoms. The average Bonchev–Trinajstić information content (AvgIpc) is 2.67. The largest absolute Gasteiger partial charge is 0.348 e. The SMILES string of the molecule is C[C@@H](N)C(=O)NC1CCc2c1ccc(Cl)c2Cl. The van der Waals surface area contributed by atoms with Gasteiger partial charge in [0, 0.05) is 0 Å². The summed E-state index contributed by atoms with van der Waals surface area (Å²) in [5, 5.41) is 4.07. The Labute approximate surface area is 110 Å².